The molecule has 2 rings (SSSR count). The maximum absolute atomic E-state index is 11.1. The first-order chi connectivity index (χ1) is 6.18. The van der Waals surface area contributed by atoms with Crippen LogP contribution in [0.2, 0.25) is 0 Å². The number of aromatic amines is 1. The number of carbonyl (C=O) groups is 1. The van der Waals surface area contributed by atoms with Gasteiger partial charge in [-0.3, -0.25) is 4.79 Å². The zero-order chi connectivity index (χ0) is 9.42. The van der Waals surface area contributed by atoms with Gasteiger partial charge in [0.2, 0.25) is 0 Å². The van der Waals surface area contributed by atoms with Crippen molar-refractivity contribution in [2.45, 2.75) is 6.92 Å². The van der Waals surface area contributed by atoms with Crippen molar-refractivity contribution in [3.05, 3.63) is 34.4 Å². The van der Waals surface area contributed by atoms with Gasteiger partial charge in [-0.05, 0) is 41.1 Å². The highest BCUT2D eigenvalue weighted by Crippen LogP contribution is 2.24. The van der Waals surface area contributed by atoms with E-state index in [1.54, 1.807) is 6.92 Å². The Labute approximate surface area is 84.1 Å². The van der Waals surface area contributed by atoms with Gasteiger partial charge in [-0.25, -0.2) is 0 Å². The molecule has 1 N–H and O–H groups in total. The molecule has 3 heteroatoms. The number of fused-ring (bicyclic) bond motifs is 1. The molecule has 0 radical (unpaired) electrons. The number of ketones is 1. The summed E-state index contributed by atoms with van der Waals surface area (Å²) < 4.78 is 0.991. The van der Waals surface area contributed by atoms with E-state index in [4.69, 9.17) is 0 Å². The van der Waals surface area contributed by atoms with Crippen molar-refractivity contribution < 1.29 is 4.79 Å². The molecule has 0 amide bonds. The number of hydrogen-bond acceptors (Lipinski definition) is 1. The van der Waals surface area contributed by atoms with E-state index in [0.29, 0.717) is 0 Å². The van der Waals surface area contributed by atoms with Gasteiger partial charge in [0.05, 0.1) is 0 Å². The fourth-order valence-corrected chi connectivity index (χ4v) is 1.75. The van der Waals surface area contributed by atoms with Gasteiger partial charge < -0.3 is 4.98 Å². The van der Waals surface area contributed by atoms with Crippen LogP contribution in [0, 0.1) is 0 Å². The largest absolute Gasteiger partial charge is 0.360 e. The van der Waals surface area contributed by atoms with Gasteiger partial charge >= 0.3 is 0 Å². The number of nitrogens with one attached hydrogen (secondary N) is 1. The minimum Gasteiger partial charge on any atom is -0.360 e. The molecule has 0 aliphatic heterocycles. The molecule has 0 aliphatic rings. The zero-order valence-corrected chi connectivity index (χ0v) is 8.68. The van der Waals surface area contributed by atoms with Crippen LogP contribution in [0.5, 0.6) is 0 Å². The van der Waals surface area contributed by atoms with Crippen LogP contribution in [-0.2, 0) is 0 Å². The zero-order valence-electron chi connectivity index (χ0n) is 7.10. The van der Waals surface area contributed by atoms with Crippen molar-refractivity contribution in [3.8, 4) is 0 Å². The van der Waals surface area contributed by atoms with Crippen LogP contribution in [0.1, 0.15) is 17.3 Å². The number of H-pyrrole nitrogens is 1. The molecule has 1 heterocycles. The Balaban J connectivity index is 2.72. The molecule has 2 nitrogen and oxygen atoms in total. The normalized spacial score (nSPS) is 10.6. The van der Waals surface area contributed by atoms with Gasteiger partial charge in [0.15, 0.2) is 5.78 Å². The number of carbonyl (C=O) groups excluding carboxylic acids is 1. The van der Waals surface area contributed by atoms with Crippen LogP contribution >= 0.6 is 15.9 Å². The second-order valence-electron chi connectivity index (χ2n) is 2.95. The summed E-state index contributed by atoms with van der Waals surface area (Å²) >= 11 is 3.41. The number of Topliss-reactive ketones (excluding diaryl/α,β-unsaturated/α-hetero) is 1. The van der Waals surface area contributed by atoms with Crippen LogP contribution in [0.25, 0.3) is 10.9 Å². The first kappa shape index (κ1) is 8.51. The number of hydrogen-bond donors (Lipinski definition) is 1. The van der Waals surface area contributed by atoms with E-state index >= 15 is 0 Å². The van der Waals surface area contributed by atoms with Crippen molar-refractivity contribution in [1.29, 1.82) is 0 Å². The summed E-state index contributed by atoms with van der Waals surface area (Å²) in [4.78, 5) is 14.2. The first-order valence-electron chi connectivity index (χ1n) is 3.96. The average molecular weight is 238 g/mol. The van der Waals surface area contributed by atoms with Crippen molar-refractivity contribution in [2.75, 3.05) is 0 Å². The Morgan fingerprint density at radius 1 is 1.46 bits per heavy atom. The second-order valence-corrected chi connectivity index (χ2v) is 3.81. The lowest BCUT2D eigenvalue weighted by Gasteiger charge is -1.95. The topological polar surface area (TPSA) is 32.9 Å². The minimum atomic E-state index is 0.0926. The monoisotopic (exact) mass is 237 g/mol. The molecule has 0 bridgehead atoms. The van der Waals surface area contributed by atoms with E-state index in [-0.39, 0.29) is 5.78 Å². The SMILES string of the molecule is CC(=O)c1ccc2[nH]cc(Br)c2c1. The van der Waals surface area contributed by atoms with Crippen LogP contribution in [-0.4, -0.2) is 10.8 Å². The lowest BCUT2D eigenvalue weighted by Crippen LogP contribution is -1.90. The molecular formula is C10H8BrNO. The van der Waals surface area contributed by atoms with Crippen molar-refractivity contribution >= 4 is 32.6 Å². The number of benzene rings is 1. The molecule has 0 atom stereocenters. The van der Waals surface area contributed by atoms with Gasteiger partial charge in [-0.15, -0.1) is 0 Å². The molecule has 2 aromatic rings. The molecule has 0 unspecified atom stereocenters. The predicted octanol–water partition coefficient (Wildman–Crippen LogP) is 3.13. The molecule has 66 valence electrons. The van der Waals surface area contributed by atoms with Crippen molar-refractivity contribution in [2.24, 2.45) is 0 Å². The third-order valence-electron chi connectivity index (χ3n) is 2.04. The summed E-state index contributed by atoms with van der Waals surface area (Å²) in [5.41, 5.74) is 1.78. The maximum atomic E-state index is 11.1. The molecule has 1 aromatic heterocycles. The highest BCUT2D eigenvalue weighted by molar-refractivity contribution is 9.10. The molecule has 0 saturated carbocycles. The van der Waals surface area contributed by atoms with Crippen molar-refractivity contribution in [1.82, 2.24) is 4.98 Å². The molecule has 1 aromatic carbocycles. The smallest absolute Gasteiger partial charge is 0.159 e. The number of aromatic nitrogens is 1. The van der Waals surface area contributed by atoms with Crippen molar-refractivity contribution in [3.63, 3.8) is 0 Å². The Kier molecular flexibility index (Phi) is 1.96. The van der Waals surface area contributed by atoms with E-state index in [9.17, 15) is 4.79 Å². The summed E-state index contributed by atoms with van der Waals surface area (Å²) in [6.07, 6.45) is 1.87. The Hall–Kier alpha value is -1.09. The van der Waals surface area contributed by atoms with Gasteiger partial charge in [0.1, 0.15) is 0 Å². The predicted molar refractivity (Wildman–Crippen MR) is 56.0 cm³/mol. The first-order valence-corrected chi connectivity index (χ1v) is 4.75. The van der Waals surface area contributed by atoms with Gasteiger partial charge in [0, 0.05) is 27.1 Å². The summed E-state index contributed by atoms with van der Waals surface area (Å²) in [5, 5.41) is 1.05. The molecule has 13 heavy (non-hydrogen) atoms. The number of halogens is 1. The average Bonchev–Trinajstić information content (AvgIpc) is 2.47. The highest BCUT2D eigenvalue weighted by atomic mass is 79.9. The third kappa shape index (κ3) is 1.40. The molecular weight excluding hydrogens is 230 g/mol. The molecule has 0 aliphatic carbocycles. The van der Waals surface area contributed by atoms with Crippen LogP contribution < -0.4 is 0 Å². The van der Waals surface area contributed by atoms with E-state index in [2.05, 4.69) is 20.9 Å². The fourth-order valence-electron chi connectivity index (χ4n) is 1.31. The van der Waals surface area contributed by atoms with Gasteiger partial charge in [-0.2, -0.15) is 0 Å². The van der Waals surface area contributed by atoms with E-state index in [1.807, 2.05) is 24.4 Å². The Morgan fingerprint density at radius 3 is 2.92 bits per heavy atom. The summed E-state index contributed by atoms with van der Waals surface area (Å²) in [7, 11) is 0. The van der Waals surface area contributed by atoms with Crippen LogP contribution in [0.15, 0.2) is 28.9 Å². The number of rotatable bonds is 1. The van der Waals surface area contributed by atoms with Crippen LogP contribution in [0.4, 0.5) is 0 Å². The van der Waals surface area contributed by atoms with E-state index in [1.165, 1.54) is 0 Å². The summed E-state index contributed by atoms with van der Waals surface area (Å²) in [5.74, 6) is 0.0926. The lowest BCUT2D eigenvalue weighted by molar-refractivity contribution is 0.101. The van der Waals surface area contributed by atoms with Gasteiger partial charge in [-0.1, -0.05) is 0 Å². The minimum absolute atomic E-state index is 0.0926. The Morgan fingerprint density at radius 2 is 2.23 bits per heavy atom. The molecule has 0 saturated heterocycles. The lowest BCUT2D eigenvalue weighted by atomic mass is 10.1. The standard InChI is InChI=1S/C10H8BrNO/c1-6(13)7-2-3-10-8(4-7)9(11)5-12-10/h2-5,12H,1H3. The quantitative estimate of drug-likeness (QED) is 0.760. The molecule has 0 spiro atoms. The third-order valence-corrected chi connectivity index (χ3v) is 2.69. The fraction of sp³-hybridized carbons (Fsp3) is 0.100. The Bertz CT molecular complexity index is 473. The second kappa shape index (κ2) is 3.00. The van der Waals surface area contributed by atoms with Gasteiger partial charge in [0.25, 0.3) is 0 Å². The van der Waals surface area contributed by atoms with Crippen LogP contribution in [0.3, 0.4) is 0 Å². The summed E-state index contributed by atoms with van der Waals surface area (Å²) in [6.45, 7) is 1.57. The van der Waals surface area contributed by atoms with E-state index in [0.717, 1.165) is 20.9 Å². The maximum Gasteiger partial charge on any atom is 0.159 e. The molecule has 0 fully saturated rings. The van der Waals surface area contributed by atoms with E-state index < -0.39 is 0 Å². The summed E-state index contributed by atoms with van der Waals surface area (Å²) in [6, 6.07) is 5.63. The highest BCUT2D eigenvalue weighted by Gasteiger charge is 2.04.